The smallest absolute Gasteiger partial charge is 0.870 e. The van der Waals surface area contributed by atoms with Crippen molar-refractivity contribution in [3.05, 3.63) is 10.1 Å². The van der Waals surface area contributed by atoms with E-state index in [-0.39, 0.29) is 160 Å². The second-order valence-electron chi connectivity index (χ2n) is 0.488. The van der Waals surface area contributed by atoms with Crippen molar-refractivity contribution in [2.24, 2.45) is 0 Å². The van der Waals surface area contributed by atoms with Crippen LogP contribution in [-0.2, 0) is 0 Å². The summed E-state index contributed by atoms with van der Waals surface area (Å²) in [6.07, 6.45) is -2.33. The molecule has 56 valence electrons. The van der Waals surface area contributed by atoms with Crippen molar-refractivity contribution in [2.45, 2.75) is 0 Å². The summed E-state index contributed by atoms with van der Waals surface area (Å²) in [6.45, 7) is 0. The summed E-state index contributed by atoms with van der Waals surface area (Å²) in [5, 5.41) is 30.3. The topological polar surface area (TPSA) is 157 Å². The second-order valence-corrected chi connectivity index (χ2v) is 0.488. The van der Waals surface area contributed by atoms with Crippen molar-refractivity contribution in [3.63, 3.8) is 0 Å². The Bertz CT molecular complexity index is 76.7. The molecule has 0 amide bonds. The van der Waals surface area contributed by atoms with Gasteiger partial charge in [0, 0.05) is 0 Å². The van der Waals surface area contributed by atoms with E-state index in [4.69, 9.17) is 30.3 Å². The van der Waals surface area contributed by atoms with Crippen molar-refractivity contribution >= 4 is 6.16 Å². The van der Waals surface area contributed by atoms with Gasteiger partial charge < -0.3 is 25.7 Å². The van der Waals surface area contributed by atoms with E-state index in [9.17, 15) is 0 Å². The third kappa shape index (κ3) is 182. The minimum absolute atomic E-state index is 0. The van der Waals surface area contributed by atoms with Crippen LogP contribution in [0, 0.1) is 10.1 Å². The summed E-state index contributed by atoms with van der Waals surface area (Å²) >= 11 is 0. The Hall–Kier alpha value is 3.34. The van der Waals surface area contributed by atoms with Crippen LogP contribution in [0.1, 0.15) is 0 Å². The molecule has 0 fully saturated rings. The van der Waals surface area contributed by atoms with Gasteiger partial charge in [-0.2, -0.15) is 0 Å². The molecule has 0 aliphatic rings. The Morgan fingerprint density at radius 2 is 1.17 bits per heavy atom. The van der Waals surface area contributed by atoms with E-state index in [1.807, 2.05) is 0 Å². The first-order valence-electron chi connectivity index (χ1n) is 1.18. The zero-order chi connectivity index (χ0) is 7.15. The molecule has 0 atom stereocenters. The van der Waals surface area contributed by atoms with Crippen molar-refractivity contribution in [3.8, 4) is 0 Å². The van der Waals surface area contributed by atoms with E-state index >= 15 is 0 Å². The van der Waals surface area contributed by atoms with Crippen LogP contribution in [0.4, 0.5) is 4.79 Å². The van der Waals surface area contributed by atoms with Crippen LogP contribution in [-0.4, -0.2) is 21.9 Å². The van der Waals surface area contributed by atoms with Gasteiger partial charge in [-0.05, 0) is 6.16 Å². The maximum atomic E-state index is 8.36. The van der Waals surface area contributed by atoms with Crippen molar-refractivity contribution < 1.29 is 185 Å². The van der Waals surface area contributed by atoms with Crippen molar-refractivity contribution in [1.29, 1.82) is 0 Å². The molecule has 0 spiro atoms. The first kappa shape index (κ1) is 36.2. The molecule has 0 aromatic heterocycles. The molecule has 0 bridgehead atoms. The fourth-order valence-electron chi connectivity index (χ4n) is 0. The van der Waals surface area contributed by atoms with Gasteiger partial charge in [0.1, 0.15) is 0 Å². The maximum Gasteiger partial charge on any atom is 1.00 e. The molecule has 0 unspecified atom stereocenters. The van der Waals surface area contributed by atoms with E-state index in [2.05, 4.69) is 0 Å². The second kappa shape index (κ2) is 29.3. The van der Waals surface area contributed by atoms with Crippen LogP contribution >= 0.6 is 0 Å². The number of nitrogens with zero attached hydrogens (tertiary/aromatic N) is 1. The zero-order valence-electron chi connectivity index (χ0n) is 6.88. The minimum atomic E-state index is -2.33. The predicted octanol–water partition coefficient (Wildman–Crippen LogP) is -12.0. The molecule has 0 saturated heterocycles. The van der Waals surface area contributed by atoms with E-state index in [0.29, 0.717) is 0 Å². The third-order valence-electron chi connectivity index (χ3n) is 0. The largest absolute Gasteiger partial charge is 1.00 e. The van der Waals surface area contributed by atoms with Gasteiger partial charge in [-0.1, -0.05) is 0 Å². The number of hydrogen-bond acceptors (Lipinski definition) is 6. The molecule has 0 saturated carbocycles. The van der Waals surface area contributed by atoms with E-state index in [1.165, 1.54) is 0 Å². The molecule has 8 nitrogen and oxygen atoms in total. The summed E-state index contributed by atoms with van der Waals surface area (Å²) in [7, 11) is 0. The Morgan fingerprint density at radius 1 is 1.17 bits per heavy atom. The van der Waals surface area contributed by atoms with Crippen molar-refractivity contribution in [2.75, 3.05) is 0 Å². The minimum Gasteiger partial charge on any atom is -0.870 e. The van der Waals surface area contributed by atoms with E-state index in [0.717, 1.165) is 0 Å². The van der Waals surface area contributed by atoms with Gasteiger partial charge in [0.05, 0.1) is 0 Å². The van der Waals surface area contributed by atoms with Gasteiger partial charge in [-0.15, -0.1) is 10.1 Å². The first-order valence-corrected chi connectivity index (χ1v) is 1.18. The van der Waals surface area contributed by atoms with Gasteiger partial charge in [0.25, 0.3) is 5.09 Å². The number of carboxylic acid groups (broad SMARTS) is 2. The molecule has 0 rings (SSSR count). The third-order valence-corrected chi connectivity index (χ3v) is 0. The average Bonchev–Trinajstić information content (AvgIpc) is 1.25. The normalized spacial score (nSPS) is 4.00. The Labute approximate surface area is 195 Å². The van der Waals surface area contributed by atoms with Crippen LogP contribution in [0.3, 0.4) is 0 Å². The van der Waals surface area contributed by atoms with Gasteiger partial charge in [0.2, 0.25) is 0 Å². The van der Waals surface area contributed by atoms with Crippen LogP contribution in [0.2, 0.25) is 0 Å². The quantitative estimate of drug-likeness (QED) is 0.256. The Morgan fingerprint density at radius 3 is 1.17 bits per heavy atom. The molecule has 12 heavy (non-hydrogen) atoms. The van der Waals surface area contributed by atoms with Gasteiger partial charge >= 0.3 is 154 Å². The Kier molecular flexibility index (Phi) is 88.1. The first-order chi connectivity index (χ1) is 3.46. The van der Waals surface area contributed by atoms with Gasteiger partial charge in [0.15, 0.2) is 0 Å². The average molecular weight is 257 g/mol. The molecule has 0 heterocycles. The summed E-state index contributed by atoms with van der Waals surface area (Å²) in [4.78, 5) is 16.7. The summed E-state index contributed by atoms with van der Waals surface area (Å²) in [5.41, 5.74) is 0. The van der Waals surface area contributed by atoms with Gasteiger partial charge in [-0.3, -0.25) is 0 Å². The standard InChI is InChI=1S/CH2O3.3K.HNO3.H2O/c2-1(3)4;;;;2-1(3)4;/h(H2,2,3,4);;;;(H,2,3,4);1H2/q;3*+1;;/p-3. The van der Waals surface area contributed by atoms with E-state index < -0.39 is 11.2 Å². The SMILES string of the molecule is O=C([O-])[O-].O=[N+]([O-])O.[K+].[K+].[K+].[OH-]. The number of rotatable bonds is 0. The van der Waals surface area contributed by atoms with Crippen molar-refractivity contribution in [1.82, 2.24) is 0 Å². The molecule has 0 aromatic carbocycles. The molecule has 0 aromatic rings. The molecule has 0 aliphatic heterocycles. The monoisotopic (exact) mass is 257 g/mol. The number of carbonyl (C=O) groups excluding carboxylic acids is 1. The molecule has 0 aliphatic carbocycles. The summed E-state index contributed by atoms with van der Waals surface area (Å²) in [6, 6.07) is 0. The van der Waals surface area contributed by atoms with Crippen LogP contribution in [0.5, 0.6) is 0 Å². The summed E-state index contributed by atoms with van der Waals surface area (Å²) in [5.74, 6) is 0. The van der Waals surface area contributed by atoms with Crippen LogP contribution in [0.15, 0.2) is 0 Å². The predicted molar refractivity (Wildman–Crippen MR) is 16.1 cm³/mol. The molecular formula is CH2K3NO7. The van der Waals surface area contributed by atoms with Crippen LogP contribution in [0.25, 0.3) is 0 Å². The zero-order valence-corrected chi connectivity index (χ0v) is 16.3. The molecule has 2 N–H and O–H groups in total. The van der Waals surface area contributed by atoms with Gasteiger partial charge in [-0.25, -0.2) is 0 Å². The molecule has 0 radical (unpaired) electrons. The number of hydrogen-bond donors (Lipinski definition) is 1. The number of carbonyl (C=O) groups is 1. The molecular weight excluding hydrogens is 255 g/mol. The van der Waals surface area contributed by atoms with Crippen LogP contribution < -0.4 is 164 Å². The maximum absolute atomic E-state index is 8.36. The summed E-state index contributed by atoms with van der Waals surface area (Å²) < 4.78 is 0. The fraction of sp³-hybridized carbons (Fsp3) is 0. The fourth-order valence-corrected chi connectivity index (χ4v) is 0. The van der Waals surface area contributed by atoms with E-state index in [1.54, 1.807) is 0 Å². The molecule has 11 heteroatoms. The Balaban J connectivity index is -0.0000000112.